The number of halogens is 4. The molecule has 0 aromatic rings. The summed E-state index contributed by atoms with van der Waals surface area (Å²) in [5.41, 5.74) is 0. The fourth-order valence-electron chi connectivity index (χ4n) is 0. The van der Waals surface area contributed by atoms with E-state index in [2.05, 4.69) is 26.6 Å². The van der Waals surface area contributed by atoms with Gasteiger partial charge in [0.1, 0.15) is 0 Å². The van der Waals surface area contributed by atoms with Gasteiger partial charge in [-0.1, -0.05) is 0 Å². The third-order valence-corrected chi connectivity index (χ3v) is 0. The van der Waals surface area contributed by atoms with Gasteiger partial charge in [0, 0.05) is 0 Å². The Morgan fingerprint density at radius 1 is 0.500 bits per heavy atom. The van der Waals surface area contributed by atoms with Crippen LogP contribution in [0.4, 0.5) is 0 Å². The molecule has 0 fully saturated rings. The average molecular weight is 460 g/mol. The molecular weight excluding hydrogens is 460 g/mol. The summed E-state index contributed by atoms with van der Waals surface area (Å²) in [5, 5.41) is 0. The van der Waals surface area contributed by atoms with Crippen molar-refractivity contribution in [1.29, 1.82) is 0 Å². The van der Waals surface area contributed by atoms with Crippen LogP contribution in [0.2, 0.25) is 0 Å². The molecule has 0 saturated carbocycles. The number of hydrogen-bond donors (Lipinski definition) is 0. The molecular formula is C4Cl4O4Rh2. The van der Waals surface area contributed by atoms with E-state index in [1.807, 2.05) is 0 Å². The second kappa shape index (κ2) is 226. The first kappa shape index (κ1) is 36.2. The molecule has 14 heavy (non-hydrogen) atoms. The van der Waals surface area contributed by atoms with Crippen LogP contribution in [0.3, 0.4) is 0 Å². The Labute approximate surface area is 113 Å². The molecule has 86 valence electrons. The van der Waals surface area contributed by atoms with Gasteiger partial charge >= 0.3 is 114 Å². The Kier molecular flexibility index (Phi) is 585. The van der Waals surface area contributed by atoms with Crippen molar-refractivity contribution in [3.63, 3.8) is 0 Å². The predicted octanol–water partition coefficient (Wildman–Crippen LogP) is 2.60. The van der Waals surface area contributed by atoms with Crippen molar-refractivity contribution in [2.24, 2.45) is 0 Å². The van der Waals surface area contributed by atoms with E-state index in [4.69, 9.17) is 57.4 Å². The van der Waals surface area contributed by atoms with E-state index in [9.17, 15) is 0 Å². The van der Waals surface area contributed by atoms with Gasteiger partial charge in [-0.15, -0.1) is 0 Å². The Hall–Kier alpha value is 1.37. The fraction of sp³-hybridized carbons (Fsp3) is 0. The zero-order valence-corrected chi connectivity index (χ0v) is 12.1. The van der Waals surface area contributed by atoms with Gasteiger partial charge in [-0.2, -0.15) is 0 Å². The van der Waals surface area contributed by atoms with Crippen LogP contribution in [0.1, 0.15) is 0 Å². The van der Waals surface area contributed by atoms with E-state index in [1.54, 1.807) is 0 Å². The summed E-state index contributed by atoms with van der Waals surface area (Å²) in [6.07, 6.45) is 0. The summed E-state index contributed by atoms with van der Waals surface area (Å²) >= 11 is -0.451. The molecule has 0 aliphatic carbocycles. The molecule has 0 heterocycles. The van der Waals surface area contributed by atoms with E-state index >= 15 is 0 Å². The quantitative estimate of drug-likeness (QED) is 0.303. The number of hydrogen-bond acceptors (Lipinski definition) is 0. The molecule has 0 unspecified atom stereocenters. The van der Waals surface area contributed by atoms with Gasteiger partial charge in [0.15, 0.2) is 0 Å². The van der Waals surface area contributed by atoms with Crippen molar-refractivity contribution < 1.29 is 48.9 Å². The van der Waals surface area contributed by atoms with Gasteiger partial charge in [0.05, 0.1) is 0 Å². The van der Waals surface area contributed by atoms with Gasteiger partial charge in [-0.25, -0.2) is 0 Å². The first-order chi connectivity index (χ1) is 6.83. The molecule has 0 rings (SSSR count). The van der Waals surface area contributed by atoms with E-state index in [1.165, 1.54) is 0 Å². The standard InChI is InChI=1S/4CO.4ClH.2Rh/c4*1-2;;;;;;/h;;;;4*1H;;/q;;;;;;;;2*+2/p-4. The molecule has 0 saturated heterocycles. The van der Waals surface area contributed by atoms with Gasteiger partial charge in [0.25, 0.3) is 0 Å². The van der Waals surface area contributed by atoms with Gasteiger partial charge < -0.3 is 0 Å². The van der Waals surface area contributed by atoms with Crippen LogP contribution < -0.4 is 0 Å². The minimum absolute atomic E-state index is 0.226. The average Bonchev–Trinajstić information content (AvgIpc) is 2.31. The fourth-order valence-corrected chi connectivity index (χ4v) is 0. The molecule has 0 aliphatic rings. The Bertz CT molecular complexity index is 88.9. The second-order valence-electron chi connectivity index (χ2n) is 0.0952. The van der Waals surface area contributed by atoms with Gasteiger partial charge in [-0.3, -0.25) is 0 Å². The van der Waals surface area contributed by atoms with Crippen molar-refractivity contribution in [2.45, 2.75) is 0 Å². The van der Waals surface area contributed by atoms with Crippen molar-refractivity contribution in [3.05, 3.63) is 26.6 Å². The third-order valence-electron chi connectivity index (χ3n) is 0. The minimum atomic E-state index is -0.226. The maximum absolute atomic E-state index is 7.50. The summed E-state index contributed by atoms with van der Waals surface area (Å²) in [4.78, 5) is 0. The molecule has 0 aromatic heterocycles. The molecule has 0 aliphatic heterocycles. The van der Waals surface area contributed by atoms with Crippen molar-refractivity contribution >= 4 is 38.8 Å². The van der Waals surface area contributed by atoms with Crippen LogP contribution in [0.25, 0.3) is 0 Å². The summed E-state index contributed by atoms with van der Waals surface area (Å²) < 4.78 is 30.0. The third kappa shape index (κ3) is 1090. The summed E-state index contributed by atoms with van der Waals surface area (Å²) in [5.74, 6) is 0. The van der Waals surface area contributed by atoms with E-state index in [-0.39, 0.29) is 30.3 Å². The van der Waals surface area contributed by atoms with Crippen molar-refractivity contribution in [1.82, 2.24) is 0 Å². The van der Waals surface area contributed by atoms with Crippen molar-refractivity contribution in [3.8, 4) is 0 Å². The molecule has 10 heteroatoms. The topological polar surface area (TPSA) is 79.6 Å². The molecule has 0 bridgehead atoms. The second-order valence-corrected chi connectivity index (χ2v) is 5.07. The first-order valence-electron chi connectivity index (χ1n) is 1.32. The van der Waals surface area contributed by atoms with Crippen LogP contribution in [0.15, 0.2) is 0 Å². The van der Waals surface area contributed by atoms with Crippen LogP contribution >= 0.6 is 38.8 Å². The van der Waals surface area contributed by atoms with E-state index in [0.29, 0.717) is 0 Å². The summed E-state index contributed by atoms with van der Waals surface area (Å²) in [7, 11) is 19.3. The Morgan fingerprint density at radius 2 is 0.500 bits per heavy atom. The Balaban J connectivity index is -0.0000000139. The normalized spacial score (nSPS) is 3.71. The molecule has 0 spiro atoms. The Morgan fingerprint density at radius 3 is 0.500 bits per heavy atom. The zero-order valence-electron chi connectivity index (χ0n) is 5.81. The van der Waals surface area contributed by atoms with Crippen LogP contribution in [-0.4, -0.2) is 0 Å². The molecule has 4 nitrogen and oxygen atoms in total. The van der Waals surface area contributed by atoms with Gasteiger partial charge in [0.2, 0.25) is 0 Å². The van der Waals surface area contributed by atoms with Crippen LogP contribution in [0, 0.1) is 26.6 Å². The molecule has 0 radical (unpaired) electrons. The first-order valence-corrected chi connectivity index (χ1v) is 9.76. The molecule has 0 atom stereocenters. The predicted molar refractivity (Wildman–Crippen MR) is 39.1 cm³/mol. The van der Waals surface area contributed by atoms with Crippen LogP contribution in [-0.2, 0) is 48.9 Å². The monoisotopic (exact) mass is 458 g/mol. The maximum atomic E-state index is 7.50. The summed E-state index contributed by atoms with van der Waals surface area (Å²) in [6, 6.07) is 0. The van der Waals surface area contributed by atoms with E-state index in [0.717, 1.165) is 0 Å². The number of rotatable bonds is 0. The summed E-state index contributed by atoms with van der Waals surface area (Å²) in [6.45, 7) is 18.0. The SMILES string of the molecule is [C-]#[O+].[C-]#[O+].[C-]#[O+].[C-]#[O+].[Cl][Rh][Cl].[Cl][Rh][Cl]. The molecule has 0 aromatic carbocycles. The zero-order chi connectivity index (χ0) is 13.4. The van der Waals surface area contributed by atoms with Gasteiger partial charge in [-0.05, 0) is 0 Å². The van der Waals surface area contributed by atoms with E-state index < -0.39 is 0 Å². The molecule has 0 N–H and O–H groups in total. The van der Waals surface area contributed by atoms with Crippen LogP contribution in [0.5, 0.6) is 0 Å². The van der Waals surface area contributed by atoms with Crippen molar-refractivity contribution in [2.75, 3.05) is 0 Å². The molecule has 0 amide bonds.